The highest BCUT2D eigenvalue weighted by molar-refractivity contribution is 7.99. The maximum atomic E-state index is 11.8. The minimum Gasteiger partial charge on any atom is -0.480 e. The summed E-state index contributed by atoms with van der Waals surface area (Å²) >= 11 is 1.66. The Kier molecular flexibility index (Phi) is 11.6. The van der Waals surface area contributed by atoms with Crippen molar-refractivity contribution in [3.63, 3.8) is 0 Å². The Bertz CT molecular complexity index is 286. The van der Waals surface area contributed by atoms with Crippen molar-refractivity contribution >= 4 is 23.7 Å². The zero-order valence-corrected chi connectivity index (χ0v) is 13.5. The number of esters is 1. The van der Waals surface area contributed by atoms with Gasteiger partial charge in [-0.05, 0) is 26.0 Å². The van der Waals surface area contributed by atoms with E-state index in [1.54, 1.807) is 18.7 Å². The number of carbonyl (C=O) groups excluding carboxylic acids is 1. The third-order valence-corrected chi connectivity index (χ3v) is 3.97. The normalized spacial score (nSPS) is 13.8. The molecule has 0 heterocycles. The predicted octanol–water partition coefficient (Wildman–Crippen LogP) is 2.29. The molecule has 0 bridgehead atoms. The van der Waals surface area contributed by atoms with E-state index in [1.165, 1.54) is 26.2 Å². The van der Waals surface area contributed by atoms with E-state index in [2.05, 4.69) is 12.2 Å². The number of hydrogen-bond donors (Lipinski definition) is 2. The smallest absolute Gasteiger partial charge is 0.324 e. The van der Waals surface area contributed by atoms with E-state index < -0.39 is 18.1 Å². The Morgan fingerprint density at radius 2 is 1.95 bits per heavy atom. The lowest BCUT2D eigenvalue weighted by molar-refractivity contribution is -0.146. The van der Waals surface area contributed by atoms with Gasteiger partial charge in [-0.25, -0.2) is 0 Å². The van der Waals surface area contributed by atoms with Crippen molar-refractivity contribution in [3.05, 3.63) is 0 Å². The van der Waals surface area contributed by atoms with Crippen LogP contribution in [0.5, 0.6) is 0 Å². The number of carboxylic acids is 1. The second kappa shape index (κ2) is 12.0. The summed E-state index contributed by atoms with van der Waals surface area (Å²) in [4.78, 5) is 22.6. The van der Waals surface area contributed by atoms with Gasteiger partial charge in [0.2, 0.25) is 0 Å². The van der Waals surface area contributed by atoms with Gasteiger partial charge in [0.05, 0.1) is 6.61 Å². The average molecular weight is 305 g/mol. The van der Waals surface area contributed by atoms with Crippen LogP contribution in [0.3, 0.4) is 0 Å². The van der Waals surface area contributed by atoms with Gasteiger partial charge in [0.1, 0.15) is 12.1 Å². The van der Waals surface area contributed by atoms with Gasteiger partial charge < -0.3 is 9.84 Å². The van der Waals surface area contributed by atoms with Gasteiger partial charge in [0.25, 0.3) is 0 Å². The third kappa shape index (κ3) is 9.20. The number of carbonyl (C=O) groups is 2. The number of thioether (sulfide) groups is 1. The van der Waals surface area contributed by atoms with E-state index in [-0.39, 0.29) is 5.97 Å². The first-order valence-corrected chi connectivity index (χ1v) is 8.41. The van der Waals surface area contributed by atoms with Gasteiger partial charge in [-0.2, -0.15) is 11.8 Å². The van der Waals surface area contributed by atoms with Crippen molar-refractivity contribution in [3.8, 4) is 0 Å². The molecule has 0 saturated carbocycles. The van der Waals surface area contributed by atoms with Crippen LogP contribution in [0.4, 0.5) is 0 Å². The lowest BCUT2D eigenvalue weighted by Gasteiger charge is -2.19. The van der Waals surface area contributed by atoms with E-state index in [0.29, 0.717) is 12.4 Å². The topological polar surface area (TPSA) is 75.6 Å². The second-order valence-electron chi connectivity index (χ2n) is 4.67. The Hall–Kier alpha value is -0.750. The predicted molar refractivity (Wildman–Crippen MR) is 82.1 cm³/mol. The molecule has 0 aromatic carbocycles. The molecule has 2 atom stereocenters. The van der Waals surface area contributed by atoms with Crippen LogP contribution in [0.2, 0.25) is 0 Å². The van der Waals surface area contributed by atoms with Crippen molar-refractivity contribution in [2.75, 3.05) is 18.1 Å². The molecule has 5 nitrogen and oxygen atoms in total. The monoisotopic (exact) mass is 305 g/mol. The first-order chi connectivity index (χ1) is 9.52. The molecule has 0 unspecified atom stereocenters. The van der Waals surface area contributed by atoms with E-state index in [9.17, 15) is 9.59 Å². The Morgan fingerprint density at radius 1 is 1.25 bits per heavy atom. The maximum absolute atomic E-state index is 11.8. The van der Waals surface area contributed by atoms with E-state index in [0.717, 1.165) is 12.2 Å². The summed E-state index contributed by atoms with van der Waals surface area (Å²) in [6, 6.07) is -1.32. The fourth-order valence-corrected chi connectivity index (χ4v) is 2.68. The molecule has 0 amide bonds. The molecule has 0 rings (SSSR count). The number of ether oxygens (including phenoxy) is 1. The molecule has 6 heteroatoms. The SMILES string of the molecule is CCCCCCSC[C@H](N[C@@H](C)C(=O)O)C(=O)OCC. The number of nitrogens with one attached hydrogen (secondary N) is 1. The van der Waals surface area contributed by atoms with E-state index >= 15 is 0 Å². The van der Waals surface area contributed by atoms with Gasteiger partial charge in [-0.3, -0.25) is 14.9 Å². The largest absolute Gasteiger partial charge is 0.480 e. The summed E-state index contributed by atoms with van der Waals surface area (Å²) in [5, 5.41) is 11.7. The number of aliphatic carboxylic acids is 1. The van der Waals surface area contributed by atoms with Crippen LogP contribution in [-0.2, 0) is 14.3 Å². The van der Waals surface area contributed by atoms with Crippen molar-refractivity contribution in [2.24, 2.45) is 0 Å². The van der Waals surface area contributed by atoms with Crippen LogP contribution >= 0.6 is 11.8 Å². The van der Waals surface area contributed by atoms with Gasteiger partial charge in [-0.1, -0.05) is 26.2 Å². The van der Waals surface area contributed by atoms with E-state index in [1.807, 2.05) is 0 Å². The van der Waals surface area contributed by atoms with Crippen LogP contribution in [0.1, 0.15) is 46.5 Å². The summed E-state index contributed by atoms with van der Waals surface area (Å²) in [6.45, 7) is 5.74. The van der Waals surface area contributed by atoms with Crippen LogP contribution in [0, 0.1) is 0 Å². The lowest BCUT2D eigenvalue weighted by atomic mass is 10.2. The summed E-state index contributed by atoms with van der Waals surface area (Å²) in [5.41, 5.74) is 0. The van der Waals surface area contributed by atoms with Gasteiger partial charge in [0, 0.05) is 5.75 Å². The average Bonchev–Trinajstić information content (AvgIpc) is 2.41. The van der Waals surface area contributed by atoms with Crippen molar-refractivity contribution in [1.29, 1.82) is 0 Å². The molecule has 0 aromatic rings. The summed E-state index contributed by atoms with van der Waals surface area (Å²) in [6.07, 6.45) is 4.76. The molecule has 2 N–H and O–H groups in total. The Balaban J connectivity index is 4.11. The minimum atomic E-state index is -0.966. The Labute approximate surface area is 125 Å². The summed E-state index contributed by atoms with van der Waals surface area (Å²) < 4.78 is 4.97. The lowest BCUT2D eigenvalue weighted by Crippen LogP contribution is -2.47. The number of unbranched alkanes of at least 4 members (excludes halogenated alkanes) is 3. The molecule has 0 spiro atoms. The van der Waals surface area contributed by atoms with Crippen LogP contribution in [0.25, 0.3) is 0 Å². The fraction of sp³-hybridized carbons (Fsp3) is 0.857. The van der Waals surface area contributed by atoms with Gasteiger partial charge in [-0.15, -0.1) is 0 Å². The molecule has 20 heavy (non-hydrogen) atoms. The Morgan fingerprint density at radius 3 is 2.50 bits per heavy atom. The van der Waals surface area contributed by atoms with Crippen molar-refractivity contribution < 1.29 is 19.4 Å². The number of carboxylic acid groups (broad SMARTS) is 1. The zero-order chi connectivity index (χ0) is 15.4. The molecule has 0 aliphatic heterocycles. The summed E-state index contributed by atoms with van der Waals surface area (Å²) in [7, 11) is 0. The zero-order valence-electron chi connectivity index (χ0n) is 12.7. The van der Waals surface area contributed by atoms with Gasteiger partial charge in [0.15, 0.2) is 0 Å². The standard InChI is InChI=1S/C14H27NO4S/c1-4-6-7-8-9-20-10-12(14(18)19-5-2)15-11(3)13(16)17/h11-12,15H,4-10H2,1-3H3,(H,16,17)/t11-,12-/m0/s1. The fourth-order valence-electron chi connectivity index (χ4n) is 1.63. The quantitative estimate of drug-likeness (QED) is 0.425. The third-order valence-electron chi connectivity index (χ3n) is 2.82. The highest BCUT2D eigenvalue weighted by Gasteiger charge is 2.24. The summed E-state index contributed by atoms with van der Waals surface area (Å²) in [5.74, 6) is 0.190. The molecular formula is C14H27NO4S. The van der Waals surface area contributed by atoms with Crippen molar-refractivity contribution in [1.82, 2.24) is 5.32 Å². The van der Waals surface area contributed by atoms with E-state index in [4.69, 9.17) is 9.84 Å². The van der Waals surface area contributed by atoms with Crippen LogP contribution in [-0.4, -0.2) is 47.2 Å². The maximum Gasteiger partial charge on any atom is 0.324 e. The molecule has 0 saturated heterocycles. The first kappa shape index (κ1) is 19.2. The van der Waals surface area contributed by atoms with Gasteiger partial charge >= 0.3 is 11.9 Å². The molecule has 0 radical (unpaired) electrons. The van der Waals surface area contributed by atoms with Crippen molar-refractivity contribution in [2.45, 2.75) is 58.5 Å². The number of rotatable bonds is 12. The highest BCUT2D eigenvalue weighted by atomic mass is 32.2. The minimum absolute atomic E-state index is 0.305. The molecule has 0 aromatic heterocycles. The highest BCUT2D eigenvalue weighted by Crippen LogP contribution is 2.10. The van der Waals surface area contributed by atoms with Crippen LogP contribution < -0.4 is 5.32 Å². The molecule has 0 aliphatic carbocycles. The number of hydrogen-bond acceptors (Lipinski definition) is 5. The molecule has 0 aliphatic rings. The molecular weight excluding hydrogens is 278 g/mol. The first-order valence-electron chi connectivity index (χ1n) is 7.26. The molecule has 0 fully saturated rings. The van der Waals surface area contributed by atoms with Crippen LogP contribution in [0.15, 0.2) is 0 Å². The molecule has 118 valence electrons. The second-order valence-corrected chi connectivity index (χ2v) is 5.82.